The van der Waals surface area contributed by atoms with E-state index < -0.39 is 10.0 Å². The van der Waals surface area contributed by atoms with Crippen molar-refractivity contribution < 1.29 is 8.42 Å². The number of primary sulfonamides is 1. The molecule has 0 aliphatic rings. The predicted molar refractivity (Wildman–Crippen MR) is 129 cm³/mol. The fraction of sp³-hybridized carbons (Fsp3) is 0.0435. The summed E-state index contributed by atoms with van der Waals surface area (Å²) in [6.45, 7) is 0.459. The van der Waals surface area contributed by atoms with Crippen molar-refractivity contribution in [3.05, 3.63) is 84.8 Å². The molecule has 164 valence electrons. The number of thiazole rings is 1. The number of nitrogens with zero attached hydrogens (tertiary/aromatic N) is 4. The van der Waals surface area contributed by atoms with Gasteiger partial charge in [-0.2, -0.15) is 0 Å². The Morgan fingerprint density at radius 1 is 0.909 bits per heavy atom. The molecule has 0 amide bonds. The van der Waals surface area contributed by atoms with Gasteiger partial charge in [-0.15, -0.1) is 0 Å². The lowest BCUT2D eigenvalue weighted by atomic mass is 10.0. The average Bonchev–Trinajstić information content (AvgIpc) is 3.34. The Labute approximate surface area is 194 Å². The van der Waals surface area contributed by atoms with Gasteiger partial charge in [0.25, 0.3) is 10.0 Å². The van der Waals surface area contributed by atoms with Crippen LogP contribution < -0.4 is 10.5 Å². The minimum Gasteiger partial charge on any atom is -0.364 e. The van der Waals surface area contributed by atoms with Gasteiger partial charge in [0.2, 0.25) is 4.34 Å². The lowest BCUT2D eigenvalue weighted by Crippen LogP contribution is -2.11. The molecule has 8 nitrogen and oxygen atoms in total. The van der Waals surface area contributed by atoms with Gasteiger partial charge in [-0.1, -0.05) is 59.9 Å². The number of sulfonamides is 1. The molecule has 0 bridgehead atoms. The molecule has 3 N–H and O–H groups in total. The molecule has 0 saturated carbocycles. The summed E-state index contributed by atoms with van der Waals surface area (Å²) in [5.41, 5.74) is 3.60. The van der Waals surface area contributed by atoms with E-state index in [-0.39, 0.29) is 4.34 Å². The second kappa shape index (κ2) is 8.66. The minimum atomic E-state index is -3.90. The number of rotatable bonds is 6. The van der Waals surface area contributed by atoms with E-state index in [1.54, 1.807) is 6.20 Å². The minimum absolute atomic E-state index is 0.178. The van der Waals surface area contributed by atoms with Crippen LogP contribution in [0.5, 0.6) is 0 Å². The molecule has 0 aliphatic carbocycles. The van der Waals surface area contributed by atoms with Crippen molar-refractivity contribution in [2.24, 2.45) is 5.14 Å². The number of pyridine rings is 1. The third kappa shape index (κ3) is 4.44. The van der Waals surface area contributed by atoms with Crippen molar-refractivity contribution in [2.45, 2.75) is 10.9 Å². The zero-order chi connectivity index (χ0) is 22.8. The van der Waals surface area contributed by atoms with E-state index in [9.17, 15) is 8.42 Å². The van der Waals surface area contributed by atoms with E-state index in [0.717, 1.165) is 39.1 Å². The van der Waals surface area contributed by atoms with Crippen LogP contribution in [0.25, 0.3) is 32.7 Å². The standard InChI is InChI=1S/C23H18N6O2S2/c24-33(30,31)23-27-14-19(32-23)21-28-18-11-6-10-17(15-7-2-1-3-8-15)20(18)22(29-21)26-13-16-9-4-5-12-25-16/h1-12,14H,13H2,(H2,24,30,31)(H,26,28,29). The Morgan fingerprint density at radius 3 is 2.45 bits per heavy atom. The summed E-state index contributed by atoms with van der Waals surface area (Å²) in [5.74, 6) is 0.981. The molecule has 0 atom stereocenters. The maximum Gasteiger partial charge on any atom is 0.265 e. The molecule has 5 aromatic rings. The first-order valence-corrected chi connectivity index (χ1v) is 12.3. The highest BCUT2D eigenvalue weighted by Gasteiger charge is 2.19. The van der Waals surface area contributed by atoms with Crippen molar-refractivity contribution in [1.82, 2.24) is 19.9 Å². The molecule has 2 aromatic carbocycles. The van der Waals surface area contributed by atoms with Crippen LogP contribution in [0.3, 0.4) is 0 Å². The fourth-order valence-electron chi connectivity index (χ4n) is 3.45. The van der Waals surface area contributed by atoms with Gasteiger partial charge in [0, 0.05) is 6.20 Å². The van der Waals surface area contributed by atoms with Crippen LogP contribution in [-0.2, 0) is 16.6 Å². The fourth-order valence-corrected chi connectivity index (χ4v) is 4.96. The summed E-state index contributed by atoms with van der Waals surface area (Å²) >= 11 is 0.936. The monoisotopic (exact) mass is 474 g/mol. The summed E-state index contributed by atoms with van der Waals surface area (Å²) in [7, 11) is -3.90. The van der Waals surface area contributed by atoms with Crippen LogP contribution in [0, 0.1) is 0 Å². The molecule has 0 aliphatic heterocycles. The lowest BCUT2D eigenvalue weighted by molar-refractivity contribution is 0.597. The first-order valence-electron chi connectivity index (χ1n) is 9.98. The molecule has 0 radical (unpaired) electrons. The number of hydrogen-bond acceptors (Lipinski definition) is 8. The smallest absolute Gasteiger partial charge is 0.265 e. The van der Waals surface area contributed by atoms with Crippen LogP contribution in [0.1, 0.15) is 5.69 Å². The Kier molecular flexibility index (Phi) is 5.55. The third-order valence-corrected chi connectivity index (χ3v) is 7.25. The number of benzene rings is 2. The van der Waals surface area contributed by atoms with Crippen LogP contribution in [-0.4, -0.2) is 28.4 Å². The first-order chi connectivity index (χ1) is 16.0. The van der Waals surface area contributed by atoms with Crippen LogP contribution in [0.15, 0.2) is 83.5 Å². The second-order valence-corrected chi connectivity index (χ2v) is 9.94. The normalized spacial score (nSPS) is 11.5. The SMILES string of the molecule is NS(=O)(=O)c1ncc(-c2nc(NCc3ccccn3)c3c(-c4ccccc4)cccc3n2)s1. The molecule has 3 aromatic heterocycles. The van der Waals surface area contributed by atoms with E-state index in [2.05, 4.69) is 15.3 Å². The van der Waals surface area contributed by atoms with E-state index in [1.165, 1.54) is 6.20 Å². The summed E-state index contributed by atoms with van der Waals surface area (Å²) in [4.78, 5) is 18.3. The average molecular weight is 475 g/mol. The van der Waals surface area contributed by atoms with E-state index >= 15 is 0 Å². The largest absolute Gasteiger partial charge is 0.364 e. The van der Waals surface area contributed by atoms with E-state index in [0.29, 0.717) is 23.1 Å². The quantitative estimate of drug-likeness (QED) is 0.380. The first kappa shape index (κ1) is 21.1. The highest BCUT2D eigenvalue weighted by molar-refractivity contribution is 7.91. The van der Waals surface area contributed by atoms with Crippen molar-refractivity contribution in [3.63, 3.8) is 0 Å². The van der Waals surface area contributed by atoms with Gasteiger partial charge >= 0.3 is 0 Å². The molecule has 0 fully saturated rings. The second-order valence-electron chi connectivity index (χ2n) is 7.17. The Morgan fingerprint density at radius 2 is 1.73 bits per heavy atom. The number of nitrogens with one attached hydrogen (secondary N) is 1. The van der Waals surface area contributed by atoms with Gasteiger partial charge in [-0.05, 0) is 29.3 Å². The van der Waals surface area contributed by atoms with Gasteiger partial charge in [0.1, 0.15) is 5.82 Å². The highest BCUT2D eigenvalue weighted by atomic mass is 32.2. The molecule has 5 rings (SSSR count). The zero-order valence-corrected chi connectivity index (χ0v) is 18.8. The molecule has 0 spiro atoms. The highest BCUT2D eigenvalue weighted by Crippen LogP contribution is 2.35. The van der Waals surface area contributed by atoms with Crippen molar-refractivity contribution in [1.29, 1.82) is 0 Å². The maximum absolute atomic E-state index is 11.7. The number of nitrogens with two attached hydrogens (primary N) is 1. The third-order valence-electron chi connectivity index (χ3n) is 4.92. The zero-order valence-electron chi connectivity index (χ0n) is 17.2. The molecule has 0 saturated heterocycles. The molecular formula is C23H18N6O2S2. The molecule has 3 heterocycles. The molecule has 0 unspecified atom stereocenters. The molecular weight excluding hydrogens is 456 g/mol. The van der Waals surface area contributed by atoms with Gasteiger partial charge in [-0.25, -0.2) is 28.5 Å². The number of aromatic nitrogens is 4. The van der Waals surface area contributed by atoms with Crippen LogP contribution in [0.4, 0.5) is 5.82 Å². The summed E-state index contributed by atoms with van der Waals surface area (Å²) in [5, 5.41) is 9.47. The van der Waals surface area contributed by atoms with Gasteiger partial charge in [0.15, 0.2) is 5.82 Å². The summed E-state index contributed by atoms with van der Waals surface area (Å²) < 4.78 is 23.2. The topological polar surface area (TPSA) is 124 Å². The number of hydrogen-bond donors (Lipinski definition) is 2. The van der Waals surface area contributed by atoms with Gasteiger partial charge in [-0.3, -0.25) is 4.98 Å². The summed E-state index contributed by atoms with van der Waals surface area (Å²) in [6.07, 6.45) is 3.16. The van der Waals surface area contributed by atoms with Crippen LogP contribution in [0.2, 0.25) is 0 Å². The molecule has 10 heteroatoms. The van der Waals surface area contributed by atoms with Crippen LogP contribution >= 0.6 is 11.3 Å². The number of fused-ring (bicyclic) bond motifs is 1. The van der Waals surface area contributed by atoms with Gasteiger partial charge in [0.05, 0.1) is 34.2 Å². The molecule has 33 heavy (non-hydrogen) atoms. The number of anilines is 1. The van der Waals surface area contributed by atoms with E-state index in [4.69, 9.17) is 15.1 Å². The maximum atomic E-state index is 11.7. The Bertz CT molecular complexity index is 1540. The van der Waals surface area contributed by atoms with Crippen molar-refractivity contribution in [3.8, 4) is 21.8 Å². The predicted octanol–water partition coefficient (Wildman–Crippen LogP) is 4.07. The summed E-state index contributed by atoms with van der Waals surface area (Å²) in [6, 6.07) is 21.6. The lowest BCUT2D eigenvalue weighted by Gasteiger charge is -2.14. The van der Waals surface area contributed by atoms with Crippen molar-refractivity contribution in [2.75, 3.05) is 5.32 Å². The Balaban J connectivity index is 1.67. The van der Waals surface area contributed by atoms with Gasteiger partial charge < -0.3 is 5.32 Å². The van der Waals surface area contributed by atoms with E-state index in [1.807, 2.05) is 66.7 Å². The van der Waals surface area contributed by atoms with Crippen molar-refractivity contribution >= 4 is 38.1 Å². The Hall–Kier alpha value is -3.73.